The molecule has 0 bridgehead atoms. The van der Waals surface area contributed by atoms with E-state index in [-0.39, 0.29) is 11.2 Å². The molecule has 0 heterocycles. The number of allylic oxidation sites excluding steroid dienone is 2. The van der Waals surface area contributed by atoms with Crippen LogP contribution in [0.3, 0.4) is 0 Å². The molecular formula is C16H28O4. The third-order valence-electron chi connectivity index (χ3n) is 4.03. The van der Waals surface area contributed by atoms with Gasteiger partial charge in [0.25, 0.3) is 0 Å². The quantitative estimate of drug-likeness (QED) is 0.817. The minimum absolute atomic E-state index is 0.0462. The molecule has 0 saturated carbocycles. The van der Waals surface area contributed by atoms with Gasteiger partial charge in [-0.25, -0.2) is 0 Å². The average Bonchev–Trinajstić information content (AvgIpc) is 2.29. The highest BCUT2D eigenvalue weighted by Crippen LogP contribution is 2.49. The summed E-state index contributed by atoms with van der Waals surface area (Å²) in [6, 6.07) is 0. The zero-order valence-corrected chi connectivity index (χ0v) is 13.9. The van der Waals surface area contributed by atoms with E-state index in [1.165, 1.54) is 7.11 Å². The number of ether oxygens (including phenoxy) is 2. The summed E-state index contributed by atoms with van der Waals surface area (Å²) in [5, 5.41) is 21.2. The lowest BCUT2D eigenvalue weighted by Crippen LogP contribution is -2.58. The SMILES string of the molecule is COC1=CC(C(C)(C)C)=C(O)C(O)C1(OC)C(C)(C)C. The van der Waals surface area contributed by atoms with E-state index in [4.69, 9.17) is 9.47 Å². The Bertz CT molecular complexity index is 434. The number of aliphatic hydroxyl groups is 2. The molecule has 1 aliphatic rings. The third-order valence-corrected chi connectivity index (χ3v) is 4.03. The van der Waals surface area contributed by atoms with E-state index >= 15 is 0 Å². The molecule has 0 radical (unpaired) electrons. The standard InChI is InChI=1S/C16H28O4/c1-14(2,3)10-9-11(19-7)16(20-8,15(4,5)6)13(18)12(10)17/h9,13,17-18H,1-8H3. The van der Waals surface area contributed by atoms with Crippen LogP contribution in [0.5, 0.6) is 0 Å². The Hall–Kier alpha value is -1.00. The van der Waals surface area contributed by atoms with E-state index in [1.54, 1.807) is 13.2 Å². The molecule has 2 atom stereocenters. The molecule has 20 heavy (non-hydrogen) atoms. The first kappa shape index (κ1) is 17.1. The number of hydrogen-bond donors (Lipinski definition) is 2. The molecule has 2 N–H and O–H groups in total. The van der Waals surface area contributed by atoms with E-state index in [2.05, 4.69) is 0 Å². The molecule has 0 fully saturated rings. The summed E-state index contributed by atoms with van der Waals surface area (Å²) in [5.41, 5.74) is -1.20. The van der Waals surface area contributed by atoms with Crippen molar-refractivity contribution in [3.05, 3.63) is 23.2 Å². The summed E-state index contributed by atoms with van der Waals surface area (Å²) in [4.78, 5) is 0. The lowest BCUT2D eigenvalue weighted by molar-refractivity contribution is -0.160. The molecule has 0 aromatic heterocycles. The lowest BCUT2D eigenvalue weighted by atomic mass is 9.66. The fourth-order valence-electron chi connectivity index (χ4n) is 2.90. The van der Waals surface area contributed by atoms with E-state index in [0.717, 1.165) is 0 Å². The monoisotopic (exact) mass is 284 g/mol. The van der Waals surface area contributed by atoms with Gasteiger partial charge in [-0.2, -0.15) is 0 Å². The Morgan fingerprint density at radius 1 is 1.10 bits per heavy atom. The second-order valence-electron chi connectivity index (χ2n) is 7.35. The number of aliphatic hydroxyl groups excluding tert-OH is 2. The third kappa shape index (κ3) is 2.35. The van der Waals surface area contributed by atoms with E-state index in [0.29, 0.717) is 11.3 Å². The Kier molecular flexibility index (Phi) is 4.33. The van der Waals surface area contributed by atoms with E-state index < -0.39 is 17.1 Å². The van der Waals surface area contributed by atoms with Gasteiger partial charge < -0.3 is 19.7 Å². The molecule has 0 aromatic carbocycles. The van der Waals surface area contributed by atoms with Gasteiger partial charge in [0.2, 0.25) is 0 Å². The normalized spacial score (nSPS) is 28.4. The second-order valence-corrected chi connectivity index (χ2v) is 7.35. The van der Waals surface area contributed by atoms with Crippen molar-refractivity contribution in [2.24, 2.45) is 10.8 Å². The molecule has 1 rings (SSSR count). The average molecular weight is 284 g/mol. The van der Waals surface area contributed by atoms with Gasteiger partial charge in [0.15, 0.2) is 5.60 Å². The first-order valence-electron chi connectivity index (χ1n) is 6.86. The summed E-state index contributed by atoms with van der Waals surface area (Å²) >= 11 is 0. The fourth-order valence-corrected chi connectivity index (χ4v) is 2.90. The van der Waals surface area contributed by atoms with Crippen LogP contribution in [0.25, 0.3) is 0 Å². The summed E-state index contributed by atoms with van der Waals surface area (Å²) < 4.78 is 11.2. The van der Waals surface area contributed by atoms with Crippen molar-refractivity contribution >= 4 is 0 Å². The fraction of sp³-hybridized carbons (Fsp3) is 0.750. The predicted molar refractivity (Wildman–Crippen MR) is 79.4 cm³/mol. The summed E-state index contributed by atoms with van der Waals surface area (Å²) in [6.07, 6.45) is 0.623. The summed E-state index contributed by atoms with van der Waals surface area (Å²) in [6.45, 7) is 11.8. The zero-order valence-electron chi connectivity index (χ0n) is 13.9. The molecule has 0 saturated heterocycles. The molecule has 0 aromatic rings. The van der Waals surface area contributed by atoms with Crippen molar-refractivity contribution in [2.45, 2.75) is 53.2 Å². The maximum Gasteiger partial charge on any atom is 0.162 e. The smallest absolute Gasteiger partial charge is 0.162 e. The van der Waals surface area contributed by atoms with Crippen LogP contribution in [-0.2, 0) is 9.47 Å². The van der Waals surface area contributed by atoms with Crippen LogP contribution in [-0.4, -0.2) is 36.1 Å². The van der Waals surface area contributed by atoms with Crippen molar-refractivity contribution in [3.8, 4) is 0 Å². The zero-order chi connectivity index (χ0) is 15.9. The van der Waals surface area contributed by atoms with Gasteiger partial charge in [-0.3, -0.25) is 0 Å². The predicted octanol–water partition coefficient (Wildman–Crippen LogP) is 3.18. The van der Waals surface area contributed by atoms with Crippen LogP contribution in [0.15, 0.2) is 23.2 Å². The molecule has 0 amide bonds. The molecule has 1 aliphatic carbocycles. The lowest BCUT2D eigenvalue weighted by Gasteiger charge is -2.49. The van der Waals surface area contributed by atoms with Crippen molar-refractivity contribution in [1.82, 2.24) is 0 Å². The maximum atomic E-state index is 10.7. The van der Waals surface area contributed by atoms with Crippen molar-refractivity contribution in [3.63, 3.8) is 0 Å². The molecule has 0 aliphatic heterocycles. The van der Waals surface area contributed by atoms with Gasteiger partial charge in [0.05, 0.1) is 7.11 Å². The number of hydrogen-bond acceptors (Lipinski definition) is 4. The van der Waals surface area contributed by atoms with Gasteiger partial charge in [0, 0.05) is 18.1 Å². The Balaban J connectivity index is 3.58. The molecule has 116 valence electrons. The Labute approximate surface area is 122 Å². The van der Waals surface area contributed by atoms with Crippen molar-refractivity contribution < 1.29 is 19.7 Å². The second kappa shape index (κ2) is 5.08. The van der Waals surface area contributed by atoms with Crippen molar-refractivity contribution in [1.29, 1.82) is 0 Å². The molecule has 4 heteroatoms. The number of rotatable bonds is 2. The Morgan fingerprint density at radius 3 is 1.90 bits per heavy atom. The molecule has 0 spiro atoms. The highest BCUT2D eigenvalue weighted by molar-refractivity contribution is 5.42. The van der Waals surface area contributed by atoms with Gasteiger partial charge in [-0.15, -0.1) is 0 Å². The van der Waals surface area contributed by atoms with Crippen LogP contribution in [0, 0.1) is 10.8 Å². The Morgan fingerprint density at radius 2 is 1.60 bits per heavy atom. The van der Waals surface area contributed by atoms with Crippen LogP contribution < -0.4 is 0 Å². The summed E-state index contributed by atoms with van der Waals surface area (Å²) in [5.74, 6) is 0.484. The van der Waals surface area contributed by atoms with Gasteiger partial charge >= 0.3 is 0 Å². The summed E-state index contributed by atoms with van der Waals surface area (Å²) in [7, 11) is 3.08. The largest absolute Gasteiger partial charge is 0.509 e. The maximum absolute atomic E-state index is 10.7. The highest BCUT2D eigenvalue weighted by atomic mass is 16.5. The van der Waals surface area contributed by atoms with Crippen molar-refractivity contribution in [2.75, 3.05) is 14.2 Å². The van der Waals surface area contributed by atoms with Gasteiger partial charge in [-0.1, -0.05) is 41.5 Å². The first-order valence-corrected chi connectivity index (χ1v) is 6.86. The van der Waals surface area contributed by atoms with Crippen LogP contribution in [0.2, 0.25) is 0 Å². The first-order chi connectivity index (χ1) is 8.93. The minimum Gasteiger partial charge on any atom is -0.509 e. The number of methoxy groups -OCH3 is 2. The molecule has 4 nitrogen and oxygen atoms in total. The minimum atomic E-state index is -1.17. The van der Waals surface area contributed by atoms with E-state index in [9.17, 15) is 10.2 Å². The molecule has 2 unspecified atom stereocenters. The van der Waals surface area contributed by atoms with Crippen LogP contribution >= 0.6 is 0 Å². The van der Waals surface area contributed by atoms with Gasteiger partial charge in [0.1, 0.15) is 17.6 Å². The van der Waals surface area contributed by atoms with E-state index in [1.807, 2.05) is 41.5 Å². The molecular weight excluding hydrogens is 256 g/mol. The van der Waals surface area contributed by atoms with Crippen LogP contribution in [0.1, 0.15) is 41.5 Å². The highest BCUT2D eigenvalue weighted by Gasteiger charge is 2.56. The van der Waals surface area contributed by atoms with Crippen LogP contribution in [0.4, 0.5) is 0 Å². The van der Waals surface area contributed by atoms with Gasteiger partial charge in [-0.05, 0) is 11.5 Å². The topological polar surface area (TPSA) is 58.9 Å².